The molecule has 1 aromatic rings. The molecule has 0 saturated heterocycles. The van der Waals surface area contributed by atoms with Gasteiger partial charge in [-0.3, -0.25) is 0 Å². The molecule has 2 N–H and O–H groups in total. The van der Waals surface area contributed by atoms with Crippen molar-refractivity contribution in [1.82, 2.24) is 0 Å². The van der Waals surface area contributed by atoms with E-state index >= 15 is 0 Å². The highest BCUT2D eigenvalue weighted by Crippen LogP contribution is 2.28. The second-order valence-corrected chi connectivity index (χ2v) is 4.72. The van der Waals surface area contributed by atoms with Crippen molar-refractivity contribution >= 4 is 27.5 Å². The lowest BCUT2D eigenvalue weighted by Crippen LogP contribution is -2.11. The molecule has 14 heavy (non-hydrogen) atoms. The first kappa shape index (κ1) is 11.8. The van der Waals surface area contributed by atoms with Gasteiger partial charge in [0.05, 0.1) is 0 Å². The van der Waals surface area contributed by atoms with Crippen LogP contribution in [0.2, 0.25) is 5.02 Å². The summed E-state index contributed by atoms with van der Waals surface area (Å²) in [7, 11) is 0. The van der Waals surface area contributed by atoms with E-state index in [1.54, 1.807) is 0 Å². The Balaban J connectivity index is 2.93. The molecule has 0 spiro atoms. The molecule has 0 fully saturated rings. The van der Waals surface area contributed by atoms with Gasteiger partial charge in [-0.05, 0) is 37.1 Å². The third kappa shape index (κ3) is 3.12. The van der Waals surface area contributed by atoms with E-state index in [2.05, 4.69) is 22.5 Å². The zero-order valence-electron chi connectivity index (χ0n) is 8.06. The first-order chi connectivity index (χ1) is 6.50. The van der Waals surface area contributed by atoms with E-state index in [-0.39, 0.29) is 6.04 Å². The summed E-state index contributed by atoms with van der Waals surface area (Å²) in [6.45, 7) is 5.81. The Bertz CT molecular complexity index is 349. The molecule has 0 saturated carbocycles. The van der Waals surface area contributed by atoms with Crippen LogP contribution in [0.1, 0.15) is 24.9 Å². The number of hydrogen-bond acceptors (Lipinski definition) is 1. The van der Waals surface area contributed by atoms with Crippen molar-refractivity contribution in [2.24, 2.45) is 5.73 Å². The fraction of sp³-hybridized carbons (Fsp3) is 0.273. The summed E-state index contributed by atoms with van der Waals surface area (Å²) in [4.78, 5) is 0. The highest BCUT2D eigenvalue weighted by atomic mass is 79.9. The van der Waals surface area contributed by atoms with Crippen LogP contribution in [0, 0.1) is 0 Å². The van der Waals surface area contributed by atoms with Gasteiger partial charge in [-0.2, -0.15) is 0 Å². The Labute approximate surface area is 98.1 Å². The average Bonchev–Trinajstić information content (AvgIpc) is 2.08. The van der Waals surface area contributed by atoms with Gasteiger partial charge in [0.15, 0.2) is 0 Å². The van der Waals surface area contributed by atoms with Crippen molar-refractivity contribution in [1.29, 1.82) is 0 Å². The number of halogens is 2. The third-order valence-electron chi connectivity index (χ3n) is 1.93. The molecule has 76 valence electrons. The lowest BCUT2D eigenvalue weighted by molar-refractivity contribution is 0.714. The number of rotatable bonds is 3. The smallest absolute Gasteiger partial charge is 0.0410 e. The maximum Gasteiger partial charge on any atom is 0.0410 e. The summed E-state index contributed by atoms with van der Waals surface area (Å²) >= 11 is 9.35. The van der Waals surface area contributed by atoms with Crippen molar-refractivity contribution in [3.8, 4) is 0 Å². The molecule has 1 atom stereocenters. The summed E-state index contributed by atoms with van der Waals surface area (Å²) in [5, 5.41) is 0.709. The molecule has 1 aromatic carbocycles. The second-order valence-electron chi connectivity index (χ2n) is 3.43. The predicted molar refractivity (Wildman–Crippen MR) is 65.5 cm³/mol. The van der Waals surface area contributed by atoms with Gasteiger partial charge in [0.1, 0.15) is 0 Å². The van der Waals surface area contributed by atoms with Crippen molar-refractivity contribution in [2.45, 2.75) is 19.4 Å². The van der Waals surface area contributed by atoms with Crippen molar-refractivity contribution in [3.05, 3.63) is 45.4 Å². The van der Waals surface area contributed by atoms with Gasteiger partial charge in [0.2, 0.25) is 0 Å². The van der Waals surface area contributed by atoms with Crippen LogP contribution in [0.15, 0.2) is 34.8 Å². The average molecular weight is 275 g/mol. The quantitative estimate of drug-likeness (QED) is 0.826. The Morgan fingerprint density at radius 2 is 2.29 bits per heavy atom. The molecule has 0 aliphatic heterocycles. The monoisotopic (exact) mass is 273 g/mol. The minimum absolute atomic E-state index is 0.0411. The predicted octanol–water partition coefficient (Wildman–Crippen LogP) is 4.07. The van der Waals surface area contributed by atoms with Crippen LogP contribution in [-0.2, 0) is 0 Å². The van der Waals surface area contributed by atoms with E-state index in [4.69, 9.17) is 17.3 Å². The highest BCUT2D eigenvalue weighted by Gasteiger charge is 2.10. The fourth-order valence-electron chi connectivity index (χ4n) is 1.28. The van der Waals surface area contributed by atoms with Gasteiger partial charge in [-0.1, -0.05) is 33.1 Å². The Morgan fingerprint density at radius 3 is 2.86 bits per heavy atom. The highest BCUT2D eigenvalue weighted by molar-refractivity contribution is 9.10. The molecule has 0 amide bonds. The minimum Gasteiger partial charge on any atom is -0.324 e. The molecule has 1 unspecified atom stereocenters. The molecule has 0 aromatic heterocycles. The normalized spacial score (nSPS) is 12.6. The molecule has 1 rings (SSSR count). The van der Waals surface area contributed by atoms with E-state index in [0.29, 0.717) is 5.02 Å². The number of benzene rings is 1. The molecule has 0 heterocycles. The molecule has 0 aliphatic rings. The zero-order valence-corrected chi connectivity index (χ0v) is 10.4. The van der Waals surface area contributed by atoms with Crippen LogP contribution in [0.3, 0.4) is 0 Å². The summed E-state index contributed by atoms with van der Waals surface area (Å²) in [5.41, 5.74) is 8.12. The molecule has 0 radical (unpaired) electrons. The van der Waals surface area contributed by atoms with E-state index in [1.165, 1.54) is 0 Å². The van der Waals surface area contributed by atoms with Crippen LogP contribution in [0.4, 0.5) is 0 Å². The first-order valence-corrected chi connectivity index (χ1v) is 5.52. The summed E-state index contributed by atoms with van der Waals surface area (Å²) < 4.78 is 0.996. The van der Waals surface area contributed by atoms with E-state index in [1.807, 2.05) is 25.1 Å². The van der Waals surface area contributed by atoms with Gasteiger partial charge in [0.25, 0.3) is 0 Å². The molecule has 0 bridgehead atoms. The van der Waals surface area contributed by atoms with Gasteiger partial charge >= 0.3 is 0 Å². The van der Waals surface area contributed by atoms with Crippen LogP contribution >= 0.6 is 27.5 Å². The molecule has 3 heteroatoms. The Hall–Kier alpha value is -0.310. The third-order valence-corrected chi connectivity index (χ3v) is 2.88. The largest absolute Gasteiger partial charge is 0.324 e. The number of hydrogen-bond donors (Lipinski definition) is 1. The first-order valence-electron chi connectivity index (χ1n) is 4.35. The maximum atomic E-state index is 6.02. The topological polar surface area (TPSA) is 26.0 Å². The summed E-state index contributed by atoms with van der Waals surface area (Å²) in [5.74, 6) is 0. The van der Waals surface area contributed by atoms with Crippen LogP contribution in [0.5, 0.6) is 0 Å². The molecular formula is C11H13BrClN. The van der Waals surface area contributed by atoms with Gasteiger partial charge in [0, 0.05) is 15.5 Å². The maximum absolute atomic E-state index is 6.02. The Kier molecular flexibility index (Phi) is 4.17. The van der Waals surface area contributed by atoms with Gasteiger partial charge in [-0.15, -0.1) is 6.58 Å². The summed E-state index contributed by atoms with van der Waals surface area (Å²) in [6, 6.07) is 5.60. The standard InChI is InChI=1S/C11H13BrClN/c1-7(2)5-11(14)9-6-8(13)3-4-10(9)12/h3-4,6,11H,1,5,14H2,2H3. The summed E-state index contributed by atoms with van der Waals surface area (Å²) in [6.07, 6.45) is 0.777. The van der Waals surface area contributed by atoms with Crippen LogP contribution in [0.25, 0.3) is 0 Å². The van der Waals surface area contributed by atoms with Crippen LogP contribution < -0.4 is 5.73 Å². The van der Waals surface area contributed by atoms with Crippen molar-refractivity contribution in [3.63, 3.8) is 0 Å². The zero-order chi connectivity index (χ0) is 10.7. The van der Waals surface area contributed by atoms with E-state index in [9.17, 15) is 0 Å². The number of nitrogens with two attached hydrogens (primary N) is 1. The Morgan fingerprint density at radius 1 is 1.64 bits per heavy atom. The molecular weight excluding hydrogens is 261 g/mol. The van der Waals surface area contributed by atoms with Crippen molar-refractivity contribution < 1.29 is 0 Å². The minimum atomic E-state index is -0.0411. The van der Waals surface area contributed by atoms with Gasteiger partial charge in [-0.25, -0.2) is 0 Å². The fourth-order valence-corrected chi connectivity index (χ4v) is 2.01. The second kappa shape index (κ2) is 4.96. The van der Waals surface area contributed by atoms with Crippen LogP contribution in [-0.4, -0.2) is 0 Å². The van der Waals surface area contributed by atoms with Crippen molar-refractivity contribution in [2.75, 3.05) is 0 Å². The molecule has 1 nitrogen and oxygen atoms in total. The SMILES string of the molecule is C=C(C)CC(N)c1cc(Cl)ccc1Br. The lowest BCUT2D eigenvalue weighted by Gasteiger charge is -2.14. The lowest BCUT2D eigenvalue weighted by atomic mass is 10.0. The van der Waals surface area contributed by atoms with E-state index in [0.717, 1.165) is 22.0 Å². The van der Waals surface area contributed by atoms with Gasteiger partial charge < -0.3 is 5.73 Å². The van der Waals surface area contributed by atoms with E-state index < -0.39 is 0 Å². The molecule has 0 aliphatic carbocycles.